The van der Waals surface area contributed by atoms with E-state index < -0.39 is 0 Å². The van der Waals surface area contributed by atoms with Gasteiger partial charge in [-0.2, -0.15) is 0 Å². The van der Waals surface area contributed by atoms with Crippen molar-refractivity contribution in [1.82, 2.24) is 14.8 Å². The second-order valence-corrected chi connectivity index (χ2v) is 9.15. The monoisotopic (exact) mass is 470 g/mol. The van der Waals surface area contributed by atoms with Crippen LogP contribution in [0.2, 0.25) is 5.02 Å². The van der Waals surface area contributed by atoms with Crippen LogP contribution < -0.4 is 5.73 Å². The number of allylic oxidation sites excluding steroid dienone is 1. The van der Waals surface area contributed by atoms with Gasteiger partial charge in [0.2, 0.25) is 0 Å². The average Bonchev–Trinajstić information content (AvgIpc) is 3.01. The van der Waals surface area contributed by atoms with Crippen molar-refractivity contribution in [3.8, 4) is 0 Å². The molecular weight excluding hydrogens is 440 g/mol. The van der Waals surface area contributed by atoms with Crippen molar-refractivity contribution in [2.75, 3.05) is 51.7 Å². The lowest BCUT2D eigenvalue weighted by Crippen LogP contribution is -2.43. The standard InChI is InChI=1S/C25H31ClN4O3/c1-16-23(15-19(17(2)31)20-14-18(26)5-6-21(20)27)28-22-4-3-7-30(25(32)24(16)22)9-8-29-10-12-33-13-11-29/h5-6,14-15,28H,3-4,7-13,27H2,1-2H3/b19-15+. The summed E-state index contributed by atoms with van der Waals surface area (Å²) < 4.78 is 5.42. The number of H-pyrrole nitrogens is 1. The van der Waals surface area contributed by atoms with E-state index in [0.29, 0.717) is 28.4 Å². The molecule has 8 heteroatoms. The molecule has 0 saturated carbocycles. The van der Waals surface area contributed by atoms with Crippen LogP contribution in [-0.2, 0) is 16.0 Å². The summed E-state index contributed by atoms with van der Waals surface area (Å²) in [5, 5.41) is 0.511. The van der Waals surface area contributed by atoms with E-state index in [9.17, 15) is 9.59 Å². The van der Waals surface area contributed by atoms with Gasteiger partial charge in [0, 0.05) is 66.0 Å². The Bertz CT molecular complexity index is 1090. The zero-order valence-corrected chi connectivity index (χ0v) is 20.0. The summed E-state index contributed by atoms with van der Waals surface area (Å²) in [4.78, 5) is 33.7. The summed E-state index contributed by atoms with van der Waals surface area (Å²) in [6.07, 6.45) is 3.48. The van der Waals surface area contributed by atoms with Gasteiger partial charge in [0.1, 0.15) is 0 Å². The maximum atomic E-state index is 13.5. The highest BCUT2D eigenvalue weighted by atomic mass is 35.5. The minimum atomic E-state index is -0.119. The number of aromatic amines is 1. The van der Waals surface area contributed by atoms with Crippen LogP contribution in [0.5, 0.6) is 0 Å². The number of ether oxygens (including phenoxy) is 1. The van der Waals surface area contributed by atoms with E-state index in [1.165, 1.54) is 6.92 Å². The zero-order valence-electron chi connectivity index (χ0n) is 19.2. The Hall–Kier alpha value is -2.61. The average molecular weight is 471 g/mol. The molecule has 33 heavy (non-hydrogen) atoms. The number of anilines is 1. The number of carbonyl (C=O) groups is 2. The number of Topliss-reactive ketones (excluding diaryl/α,β-unsaturated/α-hetero) is 1. The van der Waals surface area contributed by atoms with Gasteiger partial charge in [0.25, 0.3) is 5.91 Å². The van der Waals surface area contributed by atoms with E-state index in [2.05, 4.69) is 9.88 Å². The number of hydrogen-bond donors (Lipinski definition) is 2. The molecular formula is C25H31ClN4O3. The van der Waals surface area contributed by atoms with Crippen LogP contribution in [0.3, 0.4) is 0 Å². The highest BCUT2D eigenvalue weighted by Crippen LogP contribution is 2.31. The normalized spacial score (nSPS) is 17.7. The Morgan fingerprint density at radius 3 is 2.73 bits per heavy atom. The Morgan fingerprint density at radius 1 is 1.24 bits per heavy atom. The SMILES string of the molecule is CC(=O)/C(=C\c1[nH]c2c(c1C)C(=O)N(CCN1CCOCC1)CCC2)c1cc(Cl)ccc1N. The number of morpholine rings is 1. The lowest BCUT2D eigenvalue weighted by atomic mass is 9.98. The van der Waals surface area contributed by atoms with Gasteiger partial charge in [0.15, 0.2) is 5.78 Å². The molecule has 7 nitrogen and oxygen atoms in total. The van der Waals surface area contributed by atoms with E-state index in [1.54, 1.807) is 24.3 Å². The number of nitrogens with zero attached hydrogens (tertiary/aromatic N) is 2. The predicted octanol–water partition coefficient (Wildman–Crippen LogP) is 3.41. The first kappa shape index (κ1) is 23.5. The molecule has 1 aromatic carbocycles. The van der Waals surface area contributed by atoms with Crippen molar-refractivity contribution in [3.05, 3.63) is 51.3 Å². The molecule has 0 radical (unpaired) electrons. The number of halogens is 1. The van der Waals surface area contributed by atoms with Gasteiger partial charge in [-0.15, -0.1) is 0 Å². The quantitative estimate of drug-likeness (QED) is 0.498. The number of nitrogens with one attached hydrogen (secondary N) is 1. The van der Waals surface area contributed by atoms with Gasteiger partial charge in [-0.25, -0.2) is 0 Å². The number of aromatic nitrogens is 1. The van der Waals surface area contributed by atoms with Gasteiger partial charge in [-0.05, 0) is 56.5 Å². The Balaban J connectivity index is 1.62. The first-order valence-electron chi connectivity index (χ1n) is 11.4. The molecule has 3 N–H and O–H groups in total. The van der Waals surface area contributed by atoms with Crippen LogP contribution in [0, 0.1) is 6.92 Å². The minimum absolute atomic E-state index is 0.0517. The smallest absolute Gasteiger partial charge is 0.256 e. The number of nitrogen functional groups attached to an aromatic ring is 1. The van der Waals surface area contributed by atoms with Gasteiger partial charge in [-0.3, -0.25) is 14.5 Å². The number of amides is 1. The number of aryl methyl sites for hydroxylation is 1. The Morgan fingerprint density at radius 2 is 2.00 bits per heavy atom. The summed E-state index contributed by atoms with van der Waals surface area (Å²) >= 11 is 6.16. The molecule has 4 rings (SSSR count). The third kappa shape index (κ3) is 5.16. The van der Waals surface area contributed by atoms with Crippen LogP contribution in [0.1, 0.15) is 46.2 Å². The number of carbonyl (C=O) groups excluding carboxylic acids is 2. The molecule has 1 amide bonds. The lowest BCUT2D eigenvalue weighted by Gasteiger charge is -2.29. The second kappa shape index (κ2) is 10.1. The Kier molecular flexibility index (Phi) is 7.22. The van der Waals surface area contributed by atoms with E-state index in [4.69, 9.17) is 22.1 Å². The Labute approximate surface area is 199 Å². The van der Waals surface area contributed by atoms with E-state index in [1.807, 2.05) is 11.8 Å². The van der Waals surface area contributed by atoms with Crippen LogP contribution >= 0.6 is 11.6 Å². The molecule has 1 aromatic heterocycles. The van der Waals surface area contributed by atoms with Crippen molar-refractivity contribution < 1.29 is 14.3 Å². The third-order valence-corrected chi connectivity index (χ3v) is 6.72. The van der Waals surface area contributed by atoms with Gasteiger partial charge >= 0.3 is 0 Å². The molecule has 2 aliphatic heterocycles. The fourth-order valence-electron chi connectivity index (χ4n) is 4.58. The molecule has 0 unspecified atom stereocenters. The largest absolute Gasteiger partial charge is 0.398 e. The first-order chi connectivity index (χ1) is 15.8. The molecule has 0 atom stereocenters. The van der Waals surface area contributed by atoms with Crippen molar-refractivity contribution in [2.24, 2.45) is 0 Å². The van der Waals surface area contributed by atoms with Gasteiger partial charge in [0.05, 0.1) is 18.8 Å². The lowest BCUT2D eigenvalue weighted by molar-refractivity contribution is -0.111. The van der Waals surface area contributed by atoms with Crippen molar-refractivity contribution >= 4 is 40.6 Å². The number of hydrogen-bond acceptors (Lipinski definition) is 5. The molecule has 0 bridgehead atoms. The van der Waals surface area contributed by atoms with Gasteiger partial charge in [-0.1, -0.05) is 11.6 Å². The highest BCUT2D eigenvalue weighted by Gasteiger charge is 2.28. The fraction of sp³-hybridized carbons (Fsp3) is 0.440. The number of nitrogens with two attached hydrogens (primary N) is 1. The molecule has 1 fully saturated rings. The van der Waals surface area contributed by atoms with E-state index in [-0.39, 0.29) is 11.7 Å². The zero-order chi connectivity index (χ0) is 23.5. The summed E-state index contributed by atoms with van der Waals surface area (Å²) in [6.45, 7) is 9.05. The van der Waals surface area contributed by atoms with Crippen molar-refractivity contribution in [2.45, 2.75) is 26.7 Å². The number of rotatable bonds is 6. The maximum absolute atomic E-state index is 13.5. The maximum Gasteiger partial charge on any atom is 0.256 e. The van der Waals surface area contributed by atoms with Crippen LogP contribution in [0.15, 0.2) is 18.2 Å². The van der Waals surface area contributed by atoms with Crippen molar-refractivity contribution in [3.63, 3.8) is 0 Å². The molecule has 0 spiro atoms. The molecule has 3 heterocycles. The summed E-state index contributed by atoms with van der Waals surface area (Å²) in [6, 6.07) is 5.09. The van der Waals surface area contributed by atoms with Crippen molar-refractivity contribution in [1.29, 1.82) is 0 Å². The summed E-state index contributed by atoms with van der Waals surface area (Å²) in [5.74, 6) is -0.0672. The summed E-state index contributed by atoms with van der Waals surface area (Å²) in [7, 11) is 0. The molecule has 2 aromatic rings. The molecule has 0 aliphatic carbocycles. The third-order valence-electron chi connectivity index (χ3n) is 6.49. The van der Waals surface area contributed by atoms with Gasteiger partial charge < -0.3 is 20.4 Å². The number of ketones is 1. The fourth-order valence-corrected chi connectivity index (χ4v) is 4.75. The predicted molar refractivity (Wildman–Crippen MR) is 131 cm³/mol. The molecule has 1 saturated heterocycles. The first-order valence-corrected chi connectivity index (χ1v) is 11.8. The highest BCUT2D eigenvalue weighted by molar-refractivity contribution is 6.32. The summed E-state index contributed by atoms with van der Waals surface area (Å²) in [5.41, 5.74) is 10.9. The second-order valence-electron chi connectivity index (χ2n) is 8.71. The minimum Gasteiger partial charge on any atom is -0.398 e. The number of fused-ring (bicyclic) bond motifs is 1. The van der Waals surface area contributed by atoms with Crippen LogP contribution in [0.25, 0.3) is 11.6 Å². The molecule has 176 valence electrons. The van der Waals surface area contributed by atoms with E-state index in [0.717, 1.165) is 74.7 Å². The van der Waals surface area contributed by atoms with E-state index >= 15 is 0 Å². The van der Waals surface area contributed by atoms with Crippen LogP contribution in [-0.4, -0.2) is 72.4 Å². The number of benzene rings is 1. The topological polar surface area (TPSA) is 91.7 Å². The van der Waals surface area contributed by atoms with Crippen LogP contribution in [0.4, 0.5) is 5.69 Å². The molecule has 2 aliphatic rings.